The number of nitrogens with one attached hydrogen (secondary N) is 1. The van der Waals surface area contributed by atoms with Crippen molar-refractivity contribution in [3.8, 4) is 0 Å². The second kappa shape index (κ2) is 7.07. The Morgan fingerprint density at radius 1 is 1.55 bits per heavy atom. The minimum absolute atomic E-state index is 0.0445. The van der Waals surface area contributed by atoms with Gasteiger partial charge in [0.05, 0.1) is 6.20 Å². The minimum Gasteiger partial charge on any atom is -0.480 e. The summed E-state index contributed by atoms with van der Waals surface area (Å²) < 4.78 is 1.57. The van der Waals surface area contributed by atoms with Gasteiger partial charge in [0.1, 0.15) is 6.04 Å². The summed E-state index contributed by atoms with van der Waals surface area (Å²) in [6, 6.07) is -1.14. The van der Waals surface area contributed by atoms with Gasteiger partial charge in [0, 0.05) is 31.3 Å². The van der Waals surface area contributed by atoms with Crippen LogP contribution in [0.25, 0.3) is 6.08 Å². The number of aromatic nitrogens is 2. The molecule has 20 heavy (non-hydrogen) atoms. The highest BCUT2D eigenvalue weighted by Gasteiger charge is 2.19. The third-order valence-electron chi connectivity index (χ3n) is 2.45. The van der Waals surface area contributed by atoms with Gasteiger partial charge in [0.2, 0.25) is 11.8 Å². The van der Waals surface area contributed by atoms with Crippen molar-refractivity contribution in [1.82, 2.24) is 15.1 Å². The smallest absolute Gasteiger partial charge is 0.326 e. The van der Waals surface area contributed by atoms with Crippen molar-refractivity contribution in [3.05, 3.63) is 24.0 Å². The summed E-state index contributed by atoms with van der Waals surface area (Å²) in [5.41, 5.74) is 5.66. The second-order valence-electron chi connectivity index (χ2n) is 4.19. The molecule has 0 aromatic carbocycles. The van der Waals surface area contributed by atoms with E-state index in [4.69, 9.17) is 10.8 Å². The van der Waals surface area contributed by atoms with Crippen LogP contribution in [-0.4, -0.2) is 38.7 Å². The highest BCUT2D eigenvalue weighted by molar-refractivity contribution is 5.94. The topological polar surface area (TPSA) is 127 Å². The van der Waals surface area contributed by atoms with Crippen LogP contribution in [0, 0.1) is 0 Å². The molecule has 0 unspecified atom stereocenters. The molecule has 1 aromatic heterocycles. The molecule has 4 N–H and O–H groups in total. The van der Waals surface area contributed by atoms with E-state index in [0.29, 0.717) is 5.56 Å². The number of hydrogen-bond acceptors (Lipinski definition) is 4. The van der Waals surface area contributed by atoms with Gasteiger partial charge in [0.15, 0.2) is 0 Å². The number of carbonyl (C=O) groups excluding carboxylic acids is 2. The van der Waals surface area contributed by atoms with Crippen molar-refractivity contribution in [2.24, 2.45) is 12.8 Å². The third kappa shape index (κ3) is 5.34. The standard InChI is InChI=1S/C12H16N4O4/c1-16-7-8(6-14-16)2-5-11(18)15-9(12(19)20)3-4-10(13)17/h2,5-7,9H,3-4H2,1H3,(H2,13,17)(H,15,18)(H,19,20)/b5-2+/t9-/m0/s1. The molecule has 1 atom stereocenters. The molecule has 8 heteroatoms. The van der Waals surface area contributed by atoms with Gasteiger partial charge in [-0.15, -0.1) is 0 Å². The van der Waals surface area contributed by atoms with Gasteiger partial charge in [-0.2, -0.15) is 5.10 Å². The van der Waals surface area contributed by atoms with Gasteiger partial charge in [-0.1, -0.05) is 0 Å². The molecular formula is C12H16N4O4. The molecule has 1 aromatic rings. The molecule has 0 aliphatic carbocycles. The Kier molecular flexibility index (Phi) is 5.45. The van der Waals surface area contributed by atoms with Crippen molar-refractivity contribution in [2.75, 3.05) is 0 Å². The second-order valence-corrected chi connectivity index (χ2v) is 4.19. The Morgan fingerprint density at radius 3 is 2.75 bits per heavy atom. The summed E-state index contributed by atoms with van der Waals surface area (Å²) in [6.07, 6.45) is 5.82. The molecular weight excluding hydrogens is 264 g/mol. The highest BCUT2D eigenvalue weighted by Crippen LogP contribution is 2.01. The fraction of sp³-hybridized carbons (Fsp3) is 0.333. The Hall–Kier alpha value is -2.64. The molecule has 1 rings (SSSR count). The molecule has 0 radical (unpaired) electrons. The molecule has 8 nitrogen and oxygen atoms in total. The summed E-state index contributed by atoms with van der Waals surface area (Å²) in [7, 11) is 1.74. The number of nitrogens with two attached hydrogens (primary N) is 1. The average molecular weight is 280 g/mol. The molecule has 0 bridgehead atoms. The lowest BCUT2D eigenvalue weighted by atomic mass is 10.1. The van der Waals surface area contributed by atoms with E-state index in [1.54, 1.807) is 24.1 Å². The molecule has 0 aliphatic rings. The van der Waals surface area contributed by atoms with Crippen LogP contribution in [0.15, 0.2) is 18.5 Å². The van der Waals surface area contributed by atoms with Crippen LogP contribution in [0.4, 0.5) is 0 Å². The average Bonchev–Trinajstić information content (AvgIpc) is 2.77. The minimum atomic E-state index is -1.21. The van der Waals surface area contributed by atoms with E-state index in [1.165, 1.54) is 12.2 Å². The van der Waals surface area contributed by atoms with Gasteiger partial charge >= 0.3 is 5.97 Å². The maximum atomic E-state index is 11.6. The maximum absolute atomic E-state index is 11.6. The molecule has 0 saturated heterocycles. The summed E-state index contributed by atoms with van der Waals surface area (Å²) >= 11 is 0. The van der Waals surface area contributed by atoms with E-state index in [1.807, 2.05) is 0 Å². The molecule has 0 spiro atoms. The summed E-state index contributed by atoms with van der Waals surface area (Å²) in [4.78, 5) is 33.1. The van der Waals surface area contributed by atoms with Gasteiger partial charge < -0.3 is 16.2 Å². The quantitative estimate of drug-likeness (QED) is 0.567. The predicted octanol–water partition coefficient (Wildman–Crippen LogP) is -0.732. The zero-order chi connectivity index (χ0) is 15.1. The molecule has 0 fully saturated rings. The Bertz CT molecular complexity index is 535. The number of primary amides is 1. The number of carbonyl (C=O) groups is 3. The number of hydrogen-bond donors (Lipinski definition) is 3. The molecule has 108 valence electrons. The number of carboxylic acids is 1. The Labute approximate surface area is 115 Å². The van der Waals surface area contributed by atoms with Crippen LogP contribution in [0.2, 0.25) is 0 Å². The van der Waals surface area contributed by atoms with Crippen molar-refractivity contribution < 1.29 is 19.5 Å². The Morgan fingerprint density at radius 2 is 2.25 bits per heavy atom. The molecule has 2 amide bonds. The summed E-state index contributed by atoms with van der Waals surface area (Å²) in [6.45, 7) is 0. The van der Waals surface area contributed by atoms with E-state index in [9.17, 15) is 14.4 Å². The fourth-order valence-corrected chi connectivity index (χ4v) is 1.46. The first-order valence-corrected chi connectivity index (χ1v) is 5.87. The van der Waals surface area contributed by atoms with Gasteiger partial charge in [-0.25, -0.2) is 4.79 Å². The van der Waals surface area contributed by atoms with Crippen LogP contribution in [0.1, 0.15) is 18.4 Å². The van der Waals surface area contributed by atoms with Gasteiger partial charge in [-0.3, -0.25) is 14.3 Å². The lowest BCUT2D eigenvalue weighted by Crippen LogP contribution is -2.40. The number of rotatable bonds is 7. The number of amides is 2. The lowest BCUT2D eigenvalue weighted by molar-refractivity contribution is -0.141. The number of carboxylic acid groups (broad SMARTS) is 1. The first kappa shape index (κ1) is 15.4. The Balaban J connectivity index is 2.55. The predicted molar refractivity (Wildman–Crippen MR) is 70.2 cm³/mol. The van der Waals surface area contributed by atoms with E-state index in [-0.39, 0.29) is 12.8 Å². The van der Waals surface area contributed by atoms with Crippen molar-refractivity contribution >= 4 is 23.9 Å². The molecule has 0 saturated carbocycles. The van der Waals surface area contributed by atoms with Crippen LogP contribution < -0.4 is 11.1 Å². The highest BCUT2D eigenvalue weighted by atomic mass is 16.4. The molecule has 0 aliphatic heterocycles. The fourth-order valence-electron chi connectivity index (χ4n) is 1.46. The summed E-state index contributed by atoms with van der Waals surface area (Å²) in [5.74, 6) is -2.39. The lowest BCUT2D eigenvalue weighted by Gasteiger charge is -2.11. The van der Waals surface area contributed by atoms with Crippen molar-refractivity contribution in [2.45, 2.75) is 18.9 Å². The first-order valence-electron chi connectivity index (χ1n) is 5.87. The number of aliphatic carboxylic acids is 1. The van der Waals surface area contributed by atoms with Crippen LogP contribution >= 0.6 is 0 Å². The zero-order valence-corrected chi connectivity index (χ0v) is 10.9. The summed E-state index contributed by atoms with van der Waals surface area (Å²) in [5, 5.41) is 15.1. The third-order valence-corrected chi connectivity index (χ3v) is 2.45. The number of aryl methyl sites for hydroxylation is 1. The molecule has 1 heterocycles. The van der Waals surface area contributed by atoms with E-state index < -0.39 is 23.8 Å². The normalized spacial score (nSPS) is 12.2. The van der Waals surface area contributed by atoms with Crippen LogP contribution in [0.5, 0.6) is 0 Å². The largest absolute Gasteiger partial charge is 0.480 e. The van der Waals surface area contributed by atoms with E-state index >= 15 is 0 Å². The van der Waals surface area contributed by atoms with Gasteiger partial charge in [0.25, 0.3) is 0 Å². The van der Waals surface area contributed by atoms with Gasteiger partial charge in [-0.05, 0) is 12.5 Å². The zero-order valence-electron chi connectivity index (χ0n) is 10.9. The van der Waals surface area contributed by atoms with Crippen LogP contribution in [-0.2, 0) is 21.4 Å². The SMILES string of the molecule is Cn1cc(/C=C/C(=O)N[C@@H](CCC(N)=O)C(=O)O)cn1. The van der Waals surface area contributed by atoms with E-state index in [2.05, 4.69) is 10.4 Å². The van der Waals surface area contributed by atoms with E-state index in [0.717, 1.165) is 0 Å². The van der Waals surface area contributed by atoms with Crippen molar-refractivity contribution in [1.29, 1.82) is 0 Å². The van der Waals surface area contributed by atoms with Crippen molar-refractivity contribution in [3.63, 3.8) is 0 Å². The monoisotopic (exact) mass is 280 g/mol. The first-order chi connectivity index (χ1) is 9.38. The maximum Gasteiger partial charge on any atom is 0.326 e. The number of nitrogens with zero attached hydrogens (tertiary/aromatic N) is 2. The van der Waals surface area contributed by atoms with Crippen LogP contribution in [0.3, 0.4) is 0 Å².